The van der Waals surface area contributed by atoms with Gasteiger partial charge in [0.2, 0.25) is 0 Å². The Morgan fingerprint density at radius 2 is 2.11 bits per heavy atom. The van der Waals surface area contributed by atoms with Gasteiger partial charge in [-0.2, -0.15) is 0 Å². The molecule has 0 amide bonds. The second-order valence-corrected chi connectivity index (χ2v) is 5.44. The highest BCUT2D eigenvalue weighted by atomic mass is 35.5. The summed E-state index contributed by atoms with van der Waals surface area (Å²) >= 11 is 5.72. The molecule has 0 aromatic heterocycles. The number of halogens is 2. The Hall–Kier alpha value is -0.640. The third-order valence-electron chi connectivity index (χ3n) is 3.94. The maximum Gasteiger partial charge on any atom is 0.142 e. The van der Waals surface area contributed by atoms with E-state index in [0.29, 0.717) is 12.6 Å². The Morgan fingerprint density at radius 3 is 2.67 bits per heavy atom. The molecule has 2 nitrogen and oxygen atoms in total. The Morgan fingerprint density at radius 1 is 1.44 bits per heavy atom. The Balaban J connectivity index is 2.18. The average Bonchev–Trinajstić information content (AvgIpc) is 2.88. The summed E-state index contributed by atoms with van der Waals surface area (Å²) < 4.78 is 13.5. The van der Waals surface area contributed by atoms with E-state index in [4.69, 9.17) is 17.3 Å². The van der Waals surface area contributed by atoms with Crippen molar-refractivity contribution in [3.8, 4) is 0 Å². The molecular weight excluding hydrogens is 251 g/mol. The van der Waals surface area contributed by atoms with Crippen molar-refractivity contribution in [2.75, 3.05) is 13.6 Å². The van der Waals surface area contributed by atoms with Crippen LogP contribution in [-0.4, -0.2) is 24.5 Å². The lowest BCUT2D eigenvalue weighted by atomic mass is 10.0. The van der Waals surface area contributed by atoms with E-state index in [-0.39, 0.29) is 16.9 Å². The quantitative estimate of drug-likeness (QED) is 0.909. The minimum Gasteiger partial charge on any atom is -0.329 e. The molecular formula is C14H20ClFN2. The van der Waals surface area contributed by atoms with Crippen LogP contribution in [0.5, 0.6) is 0 Å². The number of benzene rings is 1. The number of nitrogens with two attached hydrogens (primary N) is 1. The maximum atomic E-state index is 13.5. The number of nitrogens with zero attached hydrogens (tertiary/aromatic N) is 1. The second-order valence-electron chi connectivity index (χ2n) is 5.03. The van der Waals surface area contributed by atoms with Gasteiger partial charge in [0.1, 0.15) is 5.82 Å². The lowest BCUT2D eigenvalue weighted by Crippen LogP contribution is -2.37. The van der Waals surface area contributed by atoms with Gasteiger partial charge in [0, 0.05) is 18.6 Å². The minimum absolute atomic E-state index is 0.0693. The van der Waals surface area contributed by atoms with Crippen LogP contribution in [-0.2, 0) is 0 Å². The lowest BCUT2D eigenvalue weighted by molar-refractivity contribution is 0.179. The molecule has 0 aliphatic heterocycles. The Kier molecular flexibility index (Phi) is 4.60. The molecule has 0 bridgehead atoms. The lowest BCUT2D eigenvalue weighted by Gasteiger charge is -2.32. The molecule has 1 aliphatic rings. The summed E-state index contributed by atoms with van der Waals surface area (Å²) in [5, 5.41) is 0.165. The number of hydrogen-bond donors (Lipinski definition) is 1. The zero-order valence-electron chi connectivity index (χ0n) is 10.7. The molecule has 4 heteroatoms. The van der Waals surface area contributed by atoms with Crippen LogP contribution in [0.1, 0.15) is 37.3 Å². The van der Waals surface area contributed by atoms with Crippen molar-refractivity contribution in [1.82, 2.24) is 4.90 Å². The first-order valence-electron chi connectivity index (χ1n) is 6.50. The summed E-state index contributed by atoms with van der Waals surface area (Å²) in [4.78, 5) is 2.29. The first-order chi connectivity index (χ1) is 8.63. The van der Waals surface area contributed by atoms with Gasteiger partial charge in [-0.1, -0.05) is 30.5 Å². The standard InChI is InChI=1S/C14H20ClFN2/c1-18(11-4-2-3-5-11)14(9-17)10-6-7-12(15)13(16)8-10/h6-8,11,14H,2-5,9,17H2,1H3. The topological polar surface area (TPSA) is 29.3 Å². The molecule has 0 heterocycles. The molecule has 1 saturated carbocycles. The van der Waals surface area contributed by atoms with Gasteiger partial charge in [-0.15, -0.1) is 0 Å². The predicted octanol–water partition coefficient (Wildman–Crippen LogP) is 3.35. The van der Waals surface area contributed by atoms with E-state index in [9.17, 15) is 4.39 Å². The van der Waals surface area contributed by atoms with Crippen LogP contribution >= 0.6 is 11.6 Å². The van der Waals surface area contributed by atoms with Crippen molar-refractivity contribution in [2.24, 2.45) is 5.73 Å². The van der Waals surface area contributed by atoms with Crippen LogP contribution in [0.3, 0.4) is 0 Å². The van der Waals surface area contributed by atoms with Gasteiger partial charge in [0.25, 0.3) is 0 Å². The summed E-state index contributed by atoms with van der Waals surface area (Å²) in [5.74, 6) is -0.368. The first kappa shape index (κ1) is 13.8. The van der Waals surface area contributed by atoms with Gasteiger partial charge in [0.15, 0.2) is 0 Å². The van der Waals surface area contributed by atoms with Gasteiger partial charge >= 0.3 is 0 Å². The van der Waals surface area contributed by atoms with Crippen LogP contribution in [0.15, 0.2) is 18.2 Å². The summed E-state index contributed by atoms with van der Waals surface area (Å²) in [6, 6.07) is 5.62. The van der Waals surface area contributed by atoms with Gasteiger partial charge < -0.3 is 5.73 Å². The molecule has 100 valence electrons. The van der Waals surface area contributed by atoms with E-state index in [2.05, 4.69) is 11.9 Å². The summed E-state index contributed by atoms with van der Waals surface area (Å²) in [6.07, 6.45) is 4.98. The maximum absolute atomic E-state index is 13.5. The van der Waals surface area contributed by atoms with Crippen molar-refractivity contribution >= 4 is 11.6 Å². The van der Waals surface area contributed by atoms with E-state index in [1.165, 1.54) is 31.7 Å². The molecule has 1 unspecified atom stereocenters. The van der Waals surface area contributed by atoms with Crippen molar-refractivity contribution in [1.29, 1.82) is 0 Å². The molecule has 18 heavy (non-hydrogen) atoms. The van der Waals surface area contributed by atoms with E-state index in [0.717, 1.165) is 5.56 Å². The molecule has 0 saturated heterocycles. The molecule has 1 aliphatic carbocycles. The van der Waals surface area contributed by atoms with Crippen LogP contribution in [0.4, 0.5) is 4.39 Å². The van der Waals surface area contributed by atoms with Crippen LogP contribution in [0.25, 0.3) is 0 Å². The fraction of sp³-hybridized carbons (Fsp3) is 0.571. The van der Waals surface area contributed by atoms with Crippen LogP contribution < -0.4 is 5.73 Å². The van der Waals surface area contributed by atoms with E-state index >= 15 is 0 Å². The Bertz CT molecular complexity index is 405. The van der Waals surface area contributed by atoms with E-state index in [1.54, 1.807) is 6.07 Å². The molecule has 1 fully saturated rings. The highest BCUT2D eigenvalue weighted by Crippen LogP contribution is 2.30. The summed E-state index contributed by atoms with van der Waals surface area (Å²) in [5.41, 5.74) is 6.78. The largest absolute Gasteiger partial charge is 0.329 e. The monoisotopic (exact) mass is 270 g/mol. The average molecular weight is 271 g/mol. The molecule has 2 rings (SSSR count). The smallest absolute Gasteiger partial charge is 0.142 e. The van der Waals surface area contributed by atoms with Gasteiger partial charge in [-0.25, -0.2) is 4.39 Å². The van der Waals surface area contributed by atoms with Crippen molar-refractivity contribution in [2.45, 2.75) is 37.8 Å². The molecule has 2 N–H and O–H groups in total. The predicted molar refractivity (Wildman–Crippen MR) is 73.2 cm³/mol. The molecule has 1 aromatic rings. The zero-order valence-corrected chi connectivity index (χ0v) is 11.5. The van der Waals surface area contributed by atoms with Crippen LogP contribution in [0.2, 0.25) is 5.02 Å². The van der Waals surface area contributed by atoms with E-state index < -0.39 is 0 Å². The summed E-state index contributed by atoms with van der Waals surface area (Å²) in [6.45, 7) is 0.494. The number of rotatable bonds is 4. The van der Waals surface area contributed by atoms with Gasteiger partial charge in [-0.05, 0) is 37.6 Å². The molecule has 0 spiro atoms. The van der Waals surface area contributed by atoms with Crippen LogP contribution in [0, 0.1) is 5.82 Å². The van der Waals surface area contributed by atoms with Crippen molar-refractivity contribution in [3.63, 3.8) is 0 Å². The normalized spacial score (nSPS) is 18.5. The fourth-order valence-electron chi connectivity index (χ4n) is 2.82. The molecule has 1 aromatic carbocycles. The van der Waals surface area contributed by atoms with Crippen molar-refractivity contribution in [3.05, 3.63) is 34.6 Å². The van der Waals surface area contributed by atoms with Gasteiger partial charge in [0.05, 0.1) is 5.02 Å². The highest BCUT2D eigenvalue weighted by Gasteiger charge is 2.26. The third-order valence-corrected chi connectivity index (χ3v) is 4.25. The zero-order chi connectivity index (χ0) is 13.1. The van der Waals surface area contributed by atoms with Gasteiger partial charge in [-0.3, -0.25) is 4.90 Å². The molecule has 0 radical (unpaired) electrons. The second kappa shape index (κ2) is 6.00. The minimum atomic E-state index is -0.368. The Labute approximate surface area is 113 Å². The summed E-state index contributed by atoms with van der Waals surface area (Å²) in [7, 11) is 2.08. The first-order valence-corrected chi connectivity index (χ1v) is 6.88. The van der Waals surface area contributed by atoms with Crippen molar-refractivity contribution < 1.29 is 4.39 Å². The number of likely N-dealkylation sites (N-methyl/N-ethyl adjacent to an activating group) is 1. The number of hydrogen-bond acceptors (Lipinski definition) is 2. The highest BCUT2D eigenvalue weighted by molar-refractivity contribution is 6.30. The SMILES string of the molecule is CN(C1CCCC1)C(CN)c1ccc(Cl)c(F)c1. The molecule has 1 atom stereocenters. The third kappa shape index (κ3) is 2.85. The van der Waals surface area contributed by atoms with E-state index in [1.807, 2.05) is 6.07 Å². The fourth-order valence-corrected chi connectivity index (χ4v) is 2.94.